The molecular formula is C11H21NO2. The Kier molecular flexibility index (Phi) is 4.39. The molecule has 82 valence electrons. The van der Waals surface area contributed by atoms with Crippen molar-refractivity contribution >= 4 is 5.97 Å². The van der Waals surface area contributed by atoms with Crippen molar-refractivity contribution in [2.75, 3.05) is 6.61 Å². The van der Waals surface area contributed by atoms with E-state index in [2.05, 4.69) is 0 Å². The maximum absolute atomic E-state index is 11.3. The molecule has 0 amide bonds. The van der Waals surface area contributed by atoms with Crippen LogP contribution in [0.5, 0.6) is 0 Å². The number of hydrogen-bond donors (Lipinski definition) is 1. The molecule has 3 heteroatoms. The van der Waals surface area contributed by atoms with E-state index in [1.54, 1.807) is 0 Å². The van der Waals surface area contributed by atoms with Gasteiger partial charge in [-0.25, -0.2) is 0 Å². The number of rotatable bonds is 6. The second kappa shape index (κ2) is 5.35. The average Bonchev–Trinajstić information content (AvgIpc) is 2.84. The summed E-state index contributed by atoms with van der Waals surface area (Å²) in [5, 5.41) is 0. The molecule has 3 atom stereocenters. The monoisotopic (exact) mass is 199 g/mol. The number of carbonyl (C=O) groups excluding carboxylic acids is 1. The first-order valence-corrected chi connectivity index (χ1v) is 5.57. The molecule has 1 aliphatic carbocycles. The van der Waals surface area contributed by atoms with Crippen LogP contribution in [0.25, 0.3) is 0 Å². The lowest BCUT2D eigenvalue weighted by Gasteiger charge is -2.04. The summed E-state index contributed by atoms with van der Waals surface area (Å²) in [5.74, 6) is 0.772. The van der Waals surface area contributed by atoms with E-state index in [9.17, 15) is 4.79 Å². The third kappa shape index (κ3) is 3.66. The summed E-state index contributed by atoms with van der Waals surface area (Å²) >= 11 is 0. The van der Waals surface area contributed by atoms with Crippen molar-refractivity contribution in [2.24, 2.45) is 17.6 Å². The van der Waals surface area contributed by atoms with Gasteiger partial charge in [0.15, 0.2) is 0 Å². The third-order valence-corrected chi connectivity index (χ3v) is 2.75. The van der Waals surface area contributed by atoms with Crippen LogP contribution in [0.4, 0.5) is 0 Å². The summed E-state index contributed by atoms with van der Waals surface area (Å²) in [5.41, 5.74) is 5.65. The molecular weight excluding hydrogens is 178 g/mol. The van der Waals surface area contributed by atoms with E-state index < -0.39 is 0 Å². The lowest BCUT2D eigenvalue weighted by atomic mass is 10.1. The molecule has 0 aromatic carbocycles. The zero-order valence-corrected chi connectivity index (χ0v) is 9.16. The van der Waals surface area contributed by atoms with Crippen LogP contribution in [0.1, 0.15) is 39.5 Å². The van der Waals surface area contributed by atoms with Crippen LogP contribution in [0, 0.1) is 11.8 Å². The molecule has 1 rings (SSSR count). The summed E-state index contributed by atoms with van der Waals surface area (Å²) < 4.78 is 4.96. The normalized spacial score (nSPS) is 27.1. The molecule has 0 radical (unpaired) electrons. The fourth-order valence-corrected chi connectivity index (χ4v) is 1.81. The number of nitrogens with two attached hydrogens (primary N) is 1. The van der Waals surface area contributed by atoms with E-state index in [4.69, 9.17) is 10.5 Å². The van der Waals surface area contributed by atoms with Crippen molar-refractivity contribution in [2.45, 2.75) is 45.6 Å². The van der Waals surface area contributed by atoms with Crippen LogP contribution in [-0.2, 0) is 9.53 Å². The minimum atomic E-state index is -0.00158. The van der Waals surface area contributed by atoms with Crippen molar-refractivity contribution in [3.05, 3.63) is 0 Å². The highest BCUT2D eigenvalue weighted by atomic mass is 16.5. The molecule has 0 bridgehead atoms. The Labute approximate surface area is 86.0 Å². The van der Waals surface area contributed by atoms with Gasteiger partial charge in [0.2, 0.25) is 0 Å². The van der Waals surface area contributed by atoms with E-state index in [-0.39, 0.29) is 17.9 Å². The number of carbonyl (C=O) groups is 1. The molecule has 0 saturated heterocycles. The molecule has 1 fully saturated rings. The molecule has 0 aliphatic heterocycles. The van der Waals surface area contributed by atoms with Crippen molar-refractivity contribution < 1.29 is 9.53 Å². The summed E-state index contributed by atoms with van der Waals surface area (Å²) in [6.07, 6.45) is 4.35. The van der Waals surface area contributed by atoms with Crippen LogP contribution >= 0.6 is 0 Å². The van der Waals surface area contributed by atoms with Gasteiger partial charge in [0.05, 0.1) is 12.5 Å². The van der Waals surface area contributed by atoms with Crippen LogP contribution in [-0.4, -0.2) is 18.6 Å². The fourth-order valence-electron chi connectivity index (χ4n) is 1.81. The Bertz CT molecular complexity index is 192. The molecule has 2 N–H and O–H groups in total. The zero-order valence-electron chi connectivity index (χ0n) is 9.16. The average molecular weight is 199 g/mol. The lowest BCUT2D eigenvalue weighted by Crippen LogP contribution is -2.14. The van der Waals surface area contributed by atoms with Gasteiger partial charge in [-0.1, -0.05) is 6.42 Å². The van der Waals surface area contributed by atoms with E-state index >= 15 is 0 Å². The Morgan fingerprint density at radius 3 is 2.93 bits per heavy atom. The Hall–Kier alpha value is -0.570. The zero-order chi connectivity index (χ0) is 10.6. The molecule has 1 saturated carbocycles. The predicted octanol–water partition coefficient (Wildman–Crippen LogP) is 1.70. The Balaban J connectivity index is 2.05. The quantitative estimate of drug-likeness (QED) is 0.662. The Morgan fingerprint density at radius 2 is 2.36 bits per heavy atom. The molecule has 0 aromatic rings. The van der Waals surface area contributed by atoms with Gasteiger partial charge in [-0.15, -0.1) is 0 Å². The molecule has 0 spiro atoms. The van der Waals surface area contributed by atoms with Crippen molar-refractivity contribution in [3.63, 3.8) is 0 Å². The first-order chi connectivity index (χ1) is 6.65. The second-order valence-corrected chi connectivity index (χ2v) is 4.26. The maximum atomic E-state index is 11.3. The highest BCUT2D eigenvalue weighted by Crippen LogP contribution is 2.43. The van der Waals surface area contributed by atoms with Gasteiger partial charge in [-0.3, -0.25) is 4.79 Å². The van der Waals surface area contributed by atoms with E-state index in [0.717, 1.165) is 25.7 Å². The number of ether oxygens (including phenoxy) is 1. The first-order valence-electron chi connectivity index (χ1n) is 5.57. The first kappa shape index (κ1) is 11.5. The van der Waals surface area contributed by atoms with E-state index in [0.29, 0.717) is 12.5 Å². The highest BCUT2D eigenvalue weighted by Gasteiger charge is 2.43. The molecule has 14 heavy (non-hydrogen) atoms. The van der Waals surface area contributed by atoms with Gasteiger partial charge >= 0.3 is 5.97 Å². The van der Waals surface area contributed by atoms with Gasteiger partial charge in [0, 0.05) is 6.04 Å². The van der Waals surface area contributed by atoms with Crippen LogP contribution in [0.2, 0.25) is 0 Å². The Morgan fingerprint density at radius 1 is 1.64 bits per heavy atom. The van der Waals surface area contributed by atoms with Crippen LogP contribution in [0.15, 0.2) is 0 Å². The van der Waals surface area contributed by atoms with Crippen molar-refractivity contribution in [3.8, 4) is 0 Å². The largest absolute Gasteiger partial charge is 0.466 e. The molecule has 3 nitrogen and oxygen atoms in total. The minimum Gasteiger partial charge on any atom is -0.466 e. The summed E-state index contributed by atoms with van der Waals surface area (Å²) in [7, 11) is 0. The predicted molar refractivity (Wildman–Crippen MR) is 55.7 cm³/mol. The third-order valence-electron chi connectivity index (χ3n) is 2.75. The second-order valence-electron chi connectivity index (χ2n) is 4.26. The fraction of sp³-hybridized carbons (Fsp3) is 0.909. The summed E-state index contributed by atoms with van der Waals surface area (Å²) in [4.78, 5) is 11.3. The van der Waals surface area contributed by atoms with Gasteiger partial charge < -0.3 is 10.5 Å². The van der Waals surface area contributed by atoms with Gasteiger partial charge in [0.25, 0.3) is 0 Å². The molecule has 3 unspecified atom stereocenters. The number of esters is 1. The van der Waals surface area contributed by atoms with Gasteiger partial charge in [-0.2, -0.15) is 0 Å². The lowest BCUT2D eigenvalue weighted by molar-refractivity contribution is -0.145. The molecule has 0 aromatic heterocycles. The van der Waals surface area contributed by atoms with Gasteiger partial charge in [-0.05, 0) is 39.0 Å². The van der Waals surface area contributed by atoms with Crippen molar-refractivity contribution in [1.29, 1.82) is 0 Å². The van der Waals surface area contributed by atoms with Crippen LogP contribution < -0.4 is 5.73 Å². The molecule has 1 aliphatic rings. The standard InChI is InChI=1S/C11H21NO2/c1-3-14-11(13)10-7-9(10)6-4-5-8(2)12/h8-10H,3-7,12H2,1-2H3. The van der Waals surface area contributed by atoms with E-state index in [1.165, 1.54) is 0 Å². The smallest absolute Gasteiger partial charge is 0.309 e. The minimum absolute atomic E-state index is 0.00158. The van der Waals surface area contributed by atoms with E-state index in [1.807, 2.05) is 13.8 Å². The molecule has 0 heterocycles. The topological polar surface area (TPSA) is 52.3 Å². The summed E-state index contributed by atoms with van der Waals surface area (Å²) in [6, 6.07) is 0.287. The number of hydrogen-bond acceptors (Lipinski definition) is 3. The van der Waals surface area contributed by atoms with Crippen LogP contribution in [0.3, 0.4) is 0 Å². The SMILES string of the molecule is CCOC(=O)C1CC1CCCC(C)N. The van der Waals surface area contributed by atoms with Gasteiger partial charge in [0.1, 0.15) is 0 Å². The summed E-state index contributed by atoms with van der Waals surface area (Å²) in [6.45, 7) is 4.38. The maximum Gasteiger partial charge on any atom is 0.309 e. The van der Waals surface area contributed by atoms with Crippen molar-refractivity contribution in [1.82, 2.24) is 0 Å². The highest BCUT2D eigenvalue weighted by molar-refractivity contribution is 5.75.